The number of likely N-dealkylation sites (N-methyl/N-ethyl adjacent to an activating group) is 1. The Bertz CT molecular complexity index is 159. The van der Waals surface area contributed by atoms with Crippen LogP contribution in [-0.4, -0.2) is 56.6 Å². The Balaban J connectivity index is 2.27. The van der Waals surface area contributed by atoms with Gasteiger partial charge in [-0.3, -0.25) is 0 Å². The van der Waals surface area contributed by atoms with Crippen molar-refractivity contribution in [3.8, 4) is 0 Å². The Morgan fingerprint density at radius 1 is 1.43 bits per heavy atom. The first kappa shape index (κ1) is 12.0. The maximum Gasteiger partial charge on any atom is 0.0109 e. The van der Waals surface area contributed by atoms with Crippen molar-refractivity contribution < 1.29 is 0 Å². The maximum atomic E-state index is 5.77. The highest BCUT2D eigenvalue weighted by Gasteiger charge is 2.24. The first-order valence-corrected chi connectivity index (χ1v) is 5.70. The lowest BCUT2D eigenvalue weighted by Crippen LogP contribution is -2.44. The fraction of sp³-hybridized carbons (Fsp3) is 1.00. The molecule has 0 aliphatic carbocycles. The van der Waals surface area contributed by atoms with Crippen molar-refractivity contribution in [2.75, 3.05) is 46.8 Å². The molecule has 0 aromatic rings. The van der Waals surface area contributed by atoms with E-state index in [2.05, 4.69) is 30.8 Å². The molecule has 3 nitrogen and oxygen atoms in total. The molecule has 14 heavy (non-hydrogen) atoms. The minimum Gasteiger partial charge on any atom is -0.330 e. The van der Waals surface area contributed by atoms with E-state index in [-0.39, 0.29) is 0 Å². The zero-order valence-electron chi connectivity index (χ0n) is 9.87. The fourth-order valence-corrected chi connectivity index (χ4v) is 2.08. The van der Waals surface area contributed by atoms with Crippen LogP contribution in [-0.2, 0) is 0 Å². The van der Waals surface area contributed by atoms with E-state index in [0.717, 1.165) is 19.0 Å². The van der Waals surface area contributed by atoms with Gasteiger partial charge >= 0.3 is 0 Å². The van der Waals surface area contributed by atoms with E-state index in [4.69, 9.17) is 5.73 Å². The minimum absolute atomic E-state index is 0.714. The predicted octanol–water partition coefficient (Wildman–Crippen LogP) is 0.465. The van der Waals surface area contributed by atoms with Gasteiger partial charge in [0.2, 0.25) is 0 Å². The highest BCUT2D eigenvalue weighted by molar-refractivity contribution is 4.78. The van der Waals surface area contributed by atoms with Crippen molar-refractivity contribution in [2.24, 2.45) is 17.6 Å². The van der Waals surface area contributed by atoms with E-state index in [1.807, 2.05) is 0 Å². The maximum absolute atomic E-state index is 5.77. The summed E-state index contributed by atoms with van der Waals surface area (Å²) >= 11 is 0. The summed E-state index contributed by atoms with van der Waals surface area (Å²) in [4.78, 5) is 4.80. The summed E-state index contributed by atoms with van der Waals surface area (Å²) in [7, 11) is 4.26. The number of likely N-dealkylation sites (tertiary alicyclic amines) is 1. The molecule has 2 atom stereocenters. The van der Waals surface area contributed by atoms with Crippen LogP contribution >= 0.6 is 0 Å². The summed E-state index contributed by atoms with van der Waals surface area (Å²) in [5.41, 5.74) is 5.77. The predicted molar refractivity (Wildman–Crippen MR) is 61.3 cm³/mol. The first-order chi connectivity index (χ1) is 6.63. The van der Waals surface area contributed by atoms with Crippen molar-refractivity contribution in [3.05, 3.63) is 0 Å². The average Bonchev–Trinajstić information content (AvgIpc) is 2.16. The van der Waals surface area contributed by atoms with E-state index < -0.39 is 0 Å². The molecule has 0 aromatic carbocycles. The number of nitrogens with two attached hydrogens (primary N) is 1. The Hall–Kier alpha value is -0.120. The van der Waals surface area contributed by atoms with Crippen LogP contribution in [0.5, 0.6) is 0 Å². The van der Waals surface area contributed by atoms with Crippen molar-refractivity contribution in [2.45, 2.75) is 13.3 Å². The summed E-state index contributed by atoms with van der Waals surface area (Å²) in [6, 6.07) is 0. The lowest BCUT2D eigenvalue weighted by Gasteiger charge is -2.36. The molecular weight excluding hydrogens is 174 g/mol. The van der Waals surface area contributed by atoms with Gasteiger partial charge in [0.15, 0.2) is 0 Å². The second kappa shape index (κ2) is 5.69. The van der Waals surface area contributed by atoms with Gasteiger partial charge in [0, 0.05) is 19.6 Å². The van der Waals surface area contributed by atoms with Gasteiger partial charge in [-0.1, -0.05) is 6.92 Å². The number of rotatable bonds is 4. The summed E-state index contributed by atoms with van der Waals surface area (Å²) in [6.45, 7) is 7.99. The standard InChI is InChI=1S/C11H25N3/c1-10-4-5-14(7-6-13(2)3)9-11(10)8-12/h10-11H,4-9,12H2,1-3H3. The van der Waals surface area contributed by atoms with Crippen LogP contribution in [0.1, 0.15) is 13.3 Å². The van der Waals surface area contributed by atoms with Crippen LogP contribution in [0.2, 0.25) is 0 Å². The molecule has 1 heterocycles. The van der Waals surface area contributed by atoms with E-state index in [1.165, 1.54) is 26.1 Å². The largest absolute Gasteiger partial charge is 0.330 e. The summed E-state index contributed by atoms with van der Waals surface area (Å²) in [5, 5.41) is 0. The smallest absolute Gasteiger partial charge is 0.0109 e. The van der Waals surface area contributed by atoms with E-state index in [9.17, 15) is 0 Å². The van der Waals surface area contributed by atoms with E-state index in [1.54, 1.807) is 0 Å². The average molecular weight is 199 g/mol. The van der Waals surface area contributed by atoms with Crippen LogP contribution in [0.15, 0.2) is 0 Å². The lowest BCUT2D eigenvalue weighted by atomic mass is 9.87. The Labute approximate surface area is 88.2 Å². The zero-order valence-corrected chi connectivity index (χ0v) is 9.87. The van der Waals surface area contributed by atoms with E-state index >= 15 is 0 Å². The molecule has 0 bridgehead atoms. The molecule has 2 unspecified atom stereocenters. The third-order valence-corrected chi connectivity index (χ3v) is 3.36. The zero-order chi connectivity index (χ0) is 10.6. The van der Waals surface area contributed by atoms with Gasteiger partial charge in [-0.2, -0.15) is 0 Å². The van der Waals surface area contributed by atoms with Crippen LogP contribution in [0.3, 0.4) is 0 Å². The molecular formula is C11H25N3. The summed E-state index contributed by atoms with van der Waals surface area (Å²) in [6.07, 6.45) is 1.31. The van der Waals surface area contributed by atoms with Gasteiger partial charge in [-0.25, -0.2) is 0 Å². The van der Waals surface area contributed by atoms with Crippen LogP contribution in [0.4, 0.5) is 0 Å². The fourth-order valence-electron chi connectivity index (χ4n) is 2.08. The van der Waals surface area contributed by atoms with Gasteiger partial charge in [0.05, 0.1) is 0 Å². The molecule has 1 aliphatic rings. The van der Waals surface area contributed by atoms with Crippen LogP contribution in [0.25, 0.3) is 0 Å². The topological polar surface area (TPSA) is 32.5 Å². The molecule has 84 valence electrons. The van der Waals surface area contributed by atoms with Crippen LogP contribution < -0.4 is 5.73 Å². The van der Waals surface area contributed by atoms with Crippen molar-refractivity contribution in [1.29, 1.82) is 0 Å². The Morgan fingerprint density at radius 3 is 2.71 bits per heavy atom. The number of piperidine rings is 1. The Morgan fingerprint density at radius 2 is 2.14 bits per heavy atom. The molecule has 1 aliphatic heterocycles. The third-order valence-electron chi connectivity index (χ3n) is 3.36. The minimum atomic E-state index is 0.714. The van der Waals surface area contributed by atoms with Gasteiger partial charge in [0.25, 0.3) is 0 Å². The molecule has 3 heteroatoms. The molecule has 0 aromatic heterocycles. The normalized spacial score (nSPS) is 29.8. The quantitative estimate of drug-likeness (QED) is 0.714. The van der Waals surface area contributed by atoms with Gasteiger partial charge < -0.3 is 15.5 Å². The van der Waals surface area contributed by atoms with Gasteiger partial charge in [-0.15, -0.1) is 0 Å². The summed E-state index contributed by atoms with van der Waals surface area (Å²) < 4.78 is 0. The summed E-state index contributed by atoms with van der Waals surface area (Å²) in [5.74, 6) is 1.53. The third kappa shape index (κ3) is 3.56. The second-order valence-corrected chi connectivity index (χ2v) is 4.87. The number of hydrogen-bond donors (Lipinski definition) is 1. The Kier molecular flexibility index (Phi) is 4.85. The van der Waals surface area contributed by atoms with Crippen LogP contribution in [0, 0.1) is 11.8 Å². The molecule has 2 N–H and O–H groups in total. The monoisotopic (exact) mass is 199 g/mol. The molecule has 0 saturated carbocycles. The molecule has 0 spiro atoms. The number of hydrogen-bond acceptors (Lipinski definition) is 3. The molecule has 0 amide bonds. The van der Waals surface area contributed by atoms with Gasteiger partial charge in [0.1, 0.15) is 0 Å². The molecule has 0 radical (unpaired) electrons. The second-order valence-electron chi connectivity index (χ2n) is 4.87. The van der Waals surface area contributed by atoms with Crippen molar-refractivity contribution >= 4 is 0 Å². The molecule has 1 fully saturated rings. The highest BCUT2D eigenvalue weighted by Crippen LogP contribution is 2.21. The number of nitrogens with zero attached hydrogens (tertiary/aromatic N) is 2. The highest BCUT2D eigenvalue weighted by atomic mass is 15.2. The molecule has 1 rings (SSSR count). The SMILES string of the molecule is CC1CCN(CCN(C)C)CC1CN. The van der Waals surface area contributed by atoms with Gasteiger partial charge in [-0.05, 0) is 45.4 Å². The van der Waals surface area contributed by atoms with E-state index in [0.29, 0.717) is 5.92 Å². The first-order valence-electron chi connectivity index (χ1n) is 5.70. The van der Waals surface area contributed by atoms with Crippen molar-refractivity contribution in [3.63, 3.8) is 0 Å². The lowest BCUT2D eigenvalue weighted by molar-refractivity contribution is 0.124. The molecule has 1 saturated heterocycles. The van der Waals surface area contributed by atoms with Crippen molar-refractivity contribution in [1.82, 2.24) is 9.80 Å².